The lowest BCUT2D eigenvalue weighted by atomic mass is 9.73. The van der Waals surface area contributed by atoms with Crippen molar-refractivity contribution in [1.82, 2.24) is 0 Å². The fourth-order valence-corrected chi connectivity index (χ4v) is 7.58. The molecule has 1 fully saturated rings. The van der Waals surface area contributed by atoms with E-state index in [1.807, 2.05) is 0 Å². The van der Waals surface area contributed by atoms with Crippen LogP contribution in [0.25, 0.3) is 0 Å². The normalized spacial score (nSPS) is 24.2. The van der Waals surface area contributed by atoms with Gasteiger partial charge in [-0.15, -0.1) is 6.58 Å². The lowest BCUT2D eigenvalue weighted by molar-refractivity contribution is 0.00317. The Hall–Kier alpha value is -0.646. The van der Waals surface area contributed by atoms with Crippen molar-refractivity contribution in [3.8, 4) is 0 Å². The zero-order valence-electron chi connectivity index (χ0n) is 18.6. The first-order valence-electron chi connectivity index (χ1n) is 10.8. The quantitative estimate of drug-likeness (QED) is 0.339. The maximum Gasteiger partial charge on any atom is 0.193 e. The maximum atomic E-state index is 7.06. The first-order chi connectivity index (χ1) is 12.6. The van der Waals surface area contributed by atoms with E-state index in [9.17, 15) is 0 Å². The van der Waals surface area contributed by atoms with Crippen molar-refractivity contribution in [2.75, 3.05) is 0 Å². The topological polar surface area (TPSA) is 9.23 Å². The van der Waals surface area contributed by atoms with Gasteiger partial charge < -0.3 is 4.43 Å². The van der Waals surface area contributed by atoms with Gasteiger partial charge in [0.15, 0.2) is 8.32 Å². The Morgan fingerprint density at radius 3 is 2.48 bits per heavy atom. The van der Waals surface area contributed by atoms with Crippen molar-refractivity contribution in [1.29, 1.82) is 0 Å². The standard InChI is InChI=1S/C24H41OSi2/c1-8-24(25-27(6,7)23(2,3)4)19-13-12-15-21(24)16-14-20-26(5)22-17-10-9-11-18-22/h8-11,17-18,21H,1,12-16,19-20H2,2-7H3/t21-,24-/m1/s1. The SMILES string of the molecule is C=C[C@@]1(O[Si](C)(C)C(C)(C)C)CCCC[C@@H]1CCC[Si](C)c1ccccc1. The summed E-state index contributed by atoms with van der Waals surface area (Å²) >= 11 is 0. The predicted octanol–water partition coefficient (Wildman–Crippen LogP) is 6.94. The van der Waals surface area contributed by atoms with Gasteiger partial charge in [-0.2, -0.15) is 0 Å². The molecule has 2 atom stereocenters. The van der Waals surface area contributed by atoms with Gasteiger partial charge in [0.05, 0.1) is 14.4 Å². The van der Waals surface area contributed by atoms with E-state index in [1.165, 1.54) is 38.1 Å². The largest absolute Gasteiger partial charge is 0.408 e. The molecule has 0 heterocycles. The van der Waals surface area contributed by atoms with Crippen LogP contribution in [0.4, 0.5) is 0 Å². The molecule has 0 aliphatic heterocycles. The molecule has 1 nitrogen and oxygen atoms in total. The van der Waals surface area contributed by atoms with Crippen LogP contribution in [-0.4, -0.2) is 22.7 Å². The van der Waals surface area contributed by atoms with Crippen LogP contribution in [0, 0.1) is 5.92 Å². The molecule has 2 rings (SSSR count). The van der Waals surface area contributed by atoms with E-state index < -0.39 is 17.1 Å². The number of hydrogen-bond donors (Lipinski definition) is 0. The predicted molar refractivity (Wildman–Crippen MR) is 125 cm³/mol. The highest BCUT2D eigenvalue weighted by Crippen LogP contribution is 2.47. The fourth-order valence-electron chi connectivity index (χ4n) is 4.18. The van der Waals surface area contributed by atoms with Crippen LogP contribution in [0.3, 0.4) is 0 Å². The summed E-state index contributed by atoms with van der Waals surface area (Å²) in [5.41, 5.74) is -0.0886. The summed E-state index contributed by atoms with van der Waals surface area (Å²) < 4.78 is 7.06. The third kappa shape index (κ3) is 5.68. The summed E-state index contributed by atoms with van der Waals surface area (Å²) in [6.07, 6.45) is 9.89. The number of hydrogen-bond acceptors (Lipinski definition) is 1. The van der Waals surface area contributed by atoms with Crippen LogP contribution >= 0.6 is 0 Å². The molecule has 1 saturated carbocycles. The molecule has 3 heteroatoms. The Labute approximate surface area is 171 Å². The zero-order chi connectivity index (χ0) is 20.1. The van der Waals surface area contributed by atoms with Crippen LogP contribution in [0.5, 0.6) is 0 Å². The Balaban J connectivity index is 2.03. The van der Waals surface area contributed by atoms with E-state index in [-0.39, 0.29) is 10.6 Å². The molecule has 27 heavy (non-hydrogen) atoms. The number of rotatable bonds is 8. The van der Waals surface area contributed by atoms with E-state index in [1.54, 1.807) is 5.19 Å². The molecular weight excluding hydrogens is 360 g/mol. The smallest absolute Gasteiger partial charge is 0.193 e. The van der Waals surface area contributed by atoms with Crippen LogP contribution in [0.15, 0.2) is 43.0 Å². The lowest BCUT2D eigenvalue weighted by Crippen LogP contribution is -2.53. The third-order valence-corrected chi connectivity index (χ3v) is 14.0. The summed E-state index contributed by atoms with van der Waals surface area (Å²) in [5.74, 6) is 0.642. The third-order valence-electron chi connectivity index (χ3n) is 7.03. The van der Waals surface area contributed by atoms with Crippen molar-refractivity contribution < 1.29 is 4.43 Å². The van der Waals surface area contributed by atoms with Gasteiger partial charge in [0.25, 0.3) is 0 Å². The molecular formula is C24H41OSi2. The molecule has 0 N–H and O–H groups in total. The van der Waals surface area contributed by atoms with Gasteiger partial charge in [-0.05, 0) is 43.3 Å². The van der Waals surface area contributed by atoms with Gasteiger partial charge in [0.1, 0.15) is 0 Å². The Bertz CT molecular complexity index is 590. The second-order valence-electron chi connectivity index (χ2n) is 10.0. The summed E-state index contributed by atoms with van der Waals surface area (Å²) in [6.45, 7) is 18.6. The monoisotopic (exact) mass is 401 g/mol. The minimum Gasteiger partial charge on any atom is -0.408 e. The summed E-state index contributed by atoms with van der Waals surface area (Å²) in [5, 5.41) is 1.82. The highest BCUT2D eigenvalue weighted by Gasteiger charge is 2.47. The summed E-state index contributed by atoms with van der Waals surface area (Å²) in [7, 11) is -2.23. The van der Waals surface area contributed by atoms with Gasteiger partial charge in [0.2, 0.25) is 0 Å². The average Bonchev–Trinajstić information content (AvgIpc) is 2.62. The van der Waals surface area contributed by atoms with Gasteiger partial charge in [-0.1, -0.05) is 94.2 Å². The van der Waals surface area contributed by atoms with Crippen LogP contribution in [0.2, 0.25) is 30.7 Å². The summed E-state index contributed by atoms with van der Waals surface area (Å²) in [6, 6.07) is 12.5. The van der Waals surface area contributed by atoms with Gasteiger partial charge in [-0.3, -0.25) is 0 Å². The van der Waals surface area contributed by atoms with Crippen LogP contribution < -0.4 is 5.19 Å². The van der Waals surface area contributed by atoms with Crippen molar-refractivity contribution in [3.63, 3.8) is 0 Å². The Morgan fingerprint density at radius 2 is 1.89 bits per heavy atom. The van der Waals surface area contributed by atoms with E-state index in [0.717, 1.165) is 6.42 Å². The highest BCUT2D eigenvalue weighted by molar-refractivity contribution is 6.74. The highest BCUT2D eigenvalue weighted by atomic mass is 28.4. The molecule has 0 amide bonds. The first kappa shape index (κ1) is 22.6. The average molecular weight is 402 g/mol. The van der Waals surface area contributed by atoms with Crippen molar-refractivity contribution in [2.45, 2.75) is 95.6 Å². The second kappa shape index (κ2) is 9.23. The molecule has 151 valence electrons. The van der Waals surface area contributed by atoms with Gasteiger partial charge in [0, 0.05) is 0 Å². The molecule has 0 spiro atoms. The molecule has 1 aliphatic carbocycles. The Morgan fingerprint density at radius 1 is 1.22 bits per heavy atom. The van der Waals surface area contributed by atoms with Crippen LogP contribution in [0.1, 0.15) is 59.3 Å². The molecule has 1 aliphatic rings. The zero-order valence-corrected chi connectivity index (χ0v) is 20.6. The molecule has 1 aromatic carbocycles. The molecule has 0 bridgehead atoms. The molecule has 1 radical (unpaired) electrons. The van der Waals surface area contributed by atoms with E-state index >= 15 is 0 Å². The lowest BCUT2D eigenvalue weighted by Gasteiger charge is -2.50. The Kier molecular flexibility index (Phi) is 7.74. The van der Waals surface area contributed by atoms with Crippen LogP contribution in [-0.2, 0) is 4.43 Å². The van der Waals surface area contributed by atoms with Crippen molar-refractivity contribution in [2.24, 2.45) is 5.92 Å². The van der Waals surface area contributed by atoms with Crippen molar-refractivity contribution >= 4 is 22.3 Å². The second-order valence-corrected chi connectivity index (χ2v) is 17.4. The van der Waals surface area contributed by atoms with Crippen molar-refractivity contribution in [3.05, 3.63) is 43.0 Å². The fraction of sp³-hybridized carbons (Fsp3) is 0.667. The minimum absolute atomic E-state index is 0.0886. The molecule has 0 unspecified atom stereocenters. The molecule has 0 saturated heterocycles. The van der Waals surface area contributed by atoms with Gasteiger partial charge in [-0.25, -0.2) is 0 Å². The molecule has 0 aromatic heterocycles. The first-order valence-corrected chi connectivity index (χ1v) is 15.9. The maximum absolute atomic E-state index is 7.06. The molecule has 1 aromatic rings. The van der Waals surface area contributed by atoms with E-state index in [0.29, 0.717) is 5.92 Å². The van der Waals surface area contributed by atoms with E-state index in [4.69, 9.17) is 4.43 Å². The van der Waals surface area contributed by atoms with E-state index in [2.05, 4.69) is 83.4 Å². The minimum atomic E-state index is -1.81. The summed E-state index contributed by atoms with van der Waals surface area (Å²) in [4.78, 5) is 0. The van der Waals surface area contributed by atoms with Gasteiger partial charge >= 0.3 is 0 Å². The number of benzene rings is 1.